The Morgan fingerprint density at radius 1 is 1.48 bits per heavy atom. The normalized spacial score (nSPS) is 11.2. The third-order valence-corrected chi connectivity index (χ3v) is 3.86. The minimum absolute atomic E-state index is 0.128. The van der Waals surface area contributed by atoms with E-state index in [1.54, 1.807) is 12.1 Å². The number of hydrogen-bond acceptors (Lipinski definition) is 5. The van der Waals surface area contributed by atoms with Gasteiger partial charge in [-0.2, -0.15) is 5.26 Å². The number of amidine groups is 1. The lowest BCUT2D eigenvalue weighted by Crippen LogP contribution is -2.12. The van der Waals surface area contributed by atoms with Gasteiger partial charge in [-0.1, -0.05) is 11.8 Å². The van der Waals surface area contributed by atoms with Gasteiger partial charge in [0.1, 0.15) is 18.1 Å². The molecule has 0 fully saturated rings. The zero-order valence-corrected chi connectivity index (χ0v) is 13.5. The molecule has 1 heterocycles. The fraction of sp³-hybridized carbons (Fsp3) is 0.143. The van der Waals surface area contributed by atoms with Crippen LogP contribution >= 0.6 is 27.7 Å². The van der Waals surface area contributed by atoms with Gasteiger partial charge in [0.2, 0.25) is 0 Å². The molecule has 2 rings (SSSR count). The lowest BCUT2D eigenvalue weighted by Gasteiger charge is -2.04. The molecule has 0 aliphatic carbocycles. The molecule has 5 nitrogen and oxygen atoms in total. The fourth-order valence-electron chi connectivity index (χ4n) is 1.67. The summed E-state index contributed by atoms with van der Waals surface area (Å²) in [7, 11) is 0. The molecule has 1 aromatic carbocycles. The van der Waals surface area contributed by atoms with Crippen LogP contribution in [-0.2, 0) is 6.61 Å². The van der Waals surface area contributed by atoms with Crippen LogP contribution in [0.5, 0.6) is 0 Å². The van der Waals surface area contributed by atoms with E-state index in [-0.39, 0.29) is 6.61 Å². The molecular weight excluding hydrogens is 354 g/mol. The van der Waals surface area contributed by atoms with Crippen molar-refractivity contribution in [2.75, 3.05) is 6.26 Å². The monoisotopic (exact) mass is 365 g/mol. The molecule has 0 bridgehead atoms. The number of aliphatic imine (C=N–C) groups is 1. The molecule has 0 aliphatic rings. The predicted octanol–water partition coefficient (Wildman–Crippen LogP) is 3.62. The van der Waals surface area contributed by atoms with Crippen molar-refractivity contribution >= 4 is 38.5 Å². The van der Waals surface area contributed by atoms with E-state index in [0.717, 1.165) is 10.0 Å². The van der Waals surface area contributed by atoms with Crippen LogP contribution in [0.15, 0.2) is 44.2 Å². The summed E-state index contributed by atoms with van der Waals surface area (Å²) >= 11 is 4.84. The predicted molar refractivity (Wildman–Crippen MR) is 87.1 cm³/mol. The van der Waals surface area contributed by atoms with Crippen molar-refractivity contribution in [1.29, 1.82) is 5.26 Å². The van der Waals surface area contributed by atoms with Crippen LogP contribution in [0.4, 0.5) is 5.69 Å². The molecule has 108 valence electrons. The Morgan fingerprint density at radius 2 is 2.29 bits per heavy atom. The van der Waals surface area contributed by atoms with Gasteiger partial charge in [-0.05, 0) is 52.5 Å². The van der Waals surface area contributed by atoms with Crippen LogP contribution in [0.25, 0.3) is 11.3 Å². The van der Waals surface area contributed by atoms with Gasteiger partial charge in [0.15, 0.2) is 11.4 Å². The van der Waals surface area contributed by atoms with E-state index in [1.165, 1.54) is 11.8 Å². The summed E-state index contributed by atoms with van der Waals surface area (Å²) in [6.45, 7) is -0.128. The number of nitrogens with one attached hydrogen (secondary N) is 1. The van der Waals surface area contributed by atoms with Gasteiger partial charge in [0.25, 0.3) is 0 Å². The first-order valence-electron chi connectivity index (χ1n) is 5.95. The van der Waals surface area contributed by atoms with Crippen LogP contribution in [-0.4, -0.2) is 16.5 Å². The average molecular weight is 366 g/mol. The third-order valence-electron chi connectivity index (χ3n) is 2.62. The van der Waals surface area contributed by atoms with Crippen molar-refractivity contribution in [3.8, 4) is 17.5 Å². The van der Waals surface area contributed by atoms with Gasteiger partial charge < -0.3 is 9.52 Å². The van der Waals surface area contributed by atoms with Gasteiger partial charge in [0.05, 0.1) is 5.69 Å². The Kier molecular flexibility index (Phi) is 5.44. The summed E-state index contributed by atoms with van der Waals surface area (Å²) in [5, 5.41) is 20.7. The maximum Gasteiger partial charge on any atom is 0.183 e. The summed E-state index contributed by atoms with van der Waals surface area (Å²) in [6.07, 6.45) is 3.69. The second-order valence-corrected chi connectivity index (χ2v) is 5.60. The van der Waals surface area contributed by atoms with Gasteiger partial charge >= 0.3 is 0 Å². The SMILES string of the molecule is CSC(=Nc1ccc(-c2ccc(CO)o2)c(Br)c1)NC#N. The Balaban J connectivity index is 2.31. The Bertz CT molecular complexity index is 706. The van der Waals surface area contributed by atoms with Crippen molar-refractivity contribution in [1.82, 2.24) is 5.32 Å². The van der Waals surface area contributed by atoms with Gasteiger partial charge in [-0.3, -0.25) is 5.32 Å². The highest BCUT2D eigenvalue weighted by molar-refractivity contribution is 9.10. The van der Waals surface area contributed by atoms with Crippen LogP contribution < -0.4 is 5.32 Å². The highest BCUT2D eigenvalue weighted by Crippen LogP contribution is 2.33. The minimum Gasteiger partial charge on any atom is -0.459 e. The number of furan rings is 1. The van der Waals surface area contributed by atoms with Crippen LogP contribution in [0, 0.1) is 11.5 Å². The topological polar surface area (TPSA) is 81.6 Å². The zero-order chi connectivity index (χ0) is 15.2. The second-order valence-electron chi connectivity index (χ2n) is 3.95. The van der Waals surface area contributed by atoms with Crippen LogP contribution in [0.1, 0.15) is 5.76 Å². The highest BCUT2D eigenvalue weighted by Gasteiger charge is 2.09. The minimum atomic E-state index is -0.128. The second kappa shape index (κ2) is 7.31. The molecule has 2 aromatic rings. The molecule has 0 saturated heterocycles. The number of thioether (sulfide) groups is 1. The van der Waals surface area contributed by atoms with Gasteiger partial charge in [-0.15, -0.1) is 0 Å². The lowest BCUT2D eigenvalue weighted by molar-refractivity contribution is 0.248. The van der Waals surface area contributed by atoms with Gasteiger partial charge in [-0.25, -0.2) is 4.99 Å². The lowest BCUT2D eigenvalue weighted by atomic mass is 10.1. The molecule has 7 heteroatoms. The Labute approximate surface area is 134 Å². The number of halogens is 1. The maximum absolute atomic E-state index is 9.03. The molecule has 21 heavy (non-hydrogen) atoms. The molecule has 0 unspecified atom stereocenters. The fourth-order valence-corrected chi connectivity index (χ4v) is 2.58. The van der Waals surface area contributed by atoms with E-state index in [0.29, 0.717) is 22.4 Å². The summed E-state index contributed by atoms with van der Waals surface area (Å²) in [4.78, 5) is 4.33. The van der Waals surface area contributed by atoms with E-state index >= 15 is 0 Å². The molecule has 0 spiro atoms. The van der Waals surface area contributed by atoms with E-state index in [4.69, 9.17) is 14.8 Å². The molecular formula is C14H12BrN3O2S. The molecule has 0 radical (unpaired) electrons. The van der Waals surface area contributed by atoms with E-state index < -0.39 is 0 Å². The first-order chi connectivity index (χ1) is 10.2. The number of hydrogen-bond donors (Lipinski definition) is 2. The Hall–Kier alpha value is -1.75. The quantitative estimate of drug-likeness (QED) is 0.375. The molecule has 2 N–H and O–H groups in total. The van der Waals surface area contributed by atoms with Crippen molar-refractivity contribution in [3.63, 3.8) is 0 Å². The third kappa shape index (κ3) is 3.88. The molecule has 0 aliphatic heterocycles. The summed E-state index contributed by atoms with van der Waals surface area (Å²) < 4.78 is 6.32. The average Bonchev–Trinajstić information content (AvgIpc) is 2.95. The van der Waals surface area contributed by atoms with Crippen molar-refractivity contribution in [2.24, 2.45) is 4.99 Å². The van der Waals surface area contributed by atoms with E-state index in [9.17, 15) is 0 Å². The molecule has 0 atom stereocenters. The summed E-state index contributed by atoms with van der Waals surface area (Å²) in [5.41, 5.74) is 1.58. The number of aliphatic hydroxyl groups is 1. The van der Waals surface area contributed by atoms with E-state index in [1.807, 2.05) is 30.6 Å². The number of rotatable bonds is 3. The molecule has 0 saturated carbocycles. The van der Waals surface area contributed by atoms with Crippen molar-refractivity contribution in [2.45, 2.75) is 6.61 Å². The van der Waals surface area contributed by atoms with E-state index in [2.05, 4.69) is 26.2 Å². The van der Waals surface area contributed by atoms with Crippen molar-refractivity contribution in [3.05, 3.63) is 40.6 Å². The maximum atomic E-state index is 9.03. The number of nitriles is 1. The smallest absolute Gasteiger partial charge is 0.183 e. The Morgan fingerprint density at radius 3 is 2.86 bits per heavy atom. The number of aliphatic hydroxyl groups excluding tert-OH is 1. The first-order valence-corrected chi connectivity index (χ1v) is 7.97. The summed E-state index contributed by atoms with van der Waals surface area (Å²) in [5.74, 6) is 1.18. The first kappa shape index (κ1) is 15.6. The summed E-state index contributed by atoms with van der Waals surface area (Å²) in [6, 6.07) is 9.07. The van der Waals surface area contributed by atoms with Crippen LogP contribution in [0.3, 0.4) is 0 Å². The molecule has 0 amide bonds. The standard InChI is InChI=1S/C14H12BrN3O2S/c1-21-14(17-8-16)18-9-2-4-11(12(15)6-9)13-5-3-10(7-19)20-13/h2-6,19H,7H2,1H3,(H,17,18). The highest BCUT2D eigenvalue weighted by atomic mass is 79.9. The zero-order valence-electron chi connectivity index (χ0n) is 11.1. The van der Waals surface area contributed by atoms with Gasteiger partial charge in [0, 0.05) is 10.0 Å². The molecule has 1 aromatic heterocycles. The number of nitrogens with zero attached hydrogens (tertiary/aromatic N) is 2. The van der Waals surface area contributed by atoms with Crippen LogP contribution in [0.2, 0.25) is 0 Å². The number of benzene rings is 1. The largest absolute Gasteiger partial charge is 0.459 e. The van der Waals surface area contributed by atoms with Crippen molar-refractivity contribution < 1.29 is 9.52 Å².